The fraction of sp³-hybridized carbons (Fsp3) is 0.714. The molecule has 7 heteroatoms. The van der Waals surface area contributed by atoms with Crippen molar-refractivity contribution in [2.45, 2.75) is 12.5 Å². The van der Waals surface area contributed by atoms with E-state index in [1.165, 1.54) is 4.90 Å². The number of urea groups is 1. The van der Waals surface area contributed by atoms with Gasteiger partial charge in [0.25, 0.3) is 0 Å². The molecule has 0 spiro atoms. The number of sulfone groups is 1. The molecule has 2 heterocycles. The van der Waals surface area contributed by atoms with Crippen molar-refractivity contribution in [3.8, 4) is 0 Å². The first-order chi connectivity index (χ1) is 6.48. The van der Waals surface area contributed by atoms with Crippen molar-refractivity contribution in [1.29, 1.82) is 0 Å². The number of amides is 3. The smallest absolute Gasteiger partial charge is 0.319 e. The Balaban J connectivity index is 2.22. The van der Waals surface area contributed by atoms with E-state index in [2.05, 4.69) is 5.32 Å². The average molecular weight is 218 g/mol. The van der Waals surface area contributed by atoms with E-state index in [4.69, 9.17) is 0 Å². The predicted molar refractivity (Wildman–Crippen MR) is 47.3 cm³/mol. The highest BCUT2D eigenvalue weighted by Crippen LogP contribution is 2.17. The molecule has 78 valence electrons. The lowest BCUT2D eigenvalue weighted by Gasteiger charge is -2.37. The van der Waals surface area contributed by atoms with Gasteiger partial charge >= 0.3 is 6.03 Å². The molecule has 0 aromatic heterocycles. The molecule has 2 aliphatic rings. The van der Waals surface area contributed by atoms with E-state index in [1.807, 2.05) is 0 Å². The average Bonchev–Trinajstić information content (AvgIpc) is 2.00. The number of nitrogens with zero attached hydrogens (tertiary/aromatic N) is 1. The monoisotopic (exact) mass is 218 g/mol. The van der Waals surface area contributed by atoms with Crippen molar-refractivity contribution in [2.75, 3.05) is 18.1 Å². The Morgan fingerprint density at radius 3 is 2.79 bits per heavy atom. The van der Waals surface area contributed by atoms with Gasteiger partial charge in [-0.1, -0.05) is 0 Å². The van der Waals surface area contributed by atoms with Gasteiger partial charge in [-0.15, -0.1) is 0 Å². The van der Waals surface area contributed by atoms with E-state index in [0.717, 1.165) is 0 Å². The van der Waals surface area contributed by atoms with E-state index in [1.54, 1.807) is 0 Å². The molecule has 1 N–H and O–H groups in total. The molecule has 0 aromatic carbocycles. The van der Waals surface area contributed by atoms with E-state index in [0.29, 0.717) is 0 Å². The summed E-state index contributed by atoms with van der Waals surface area (Å²) >= 11 is 0. The molecule has 2 saturated heterocycles. The van der Waals surface area contributed by atoms with Gasteiger partial charge in [0.05, 0.1) is 17.5 Å². The van der Waals surface area contributed by atoms with Crippen molar-refractivity contribution >= 4 is 21.8 Å². The van der Waals surface area contributed by atoms with Crippen LogP contribution in [-0.4, -0.2) is 49.3 Å². The Labute approximate surface area is 81.2 Å². The standard InChI is InChI=1S/C7H10N2O4S/c10-6-3-5-4-14(12,13)2-1-9(5)7(11)8-6/h5H,1-4H2,(H,8,10,11). The van der Waals surface area contributed by atoms with Crippen LogP contribution < -0.4 is 5.32 Å². The Morgan fingerprint density at radius 2 is 2.07 bits per heavy atom. The van der Waals surface area contributed by atoms with Gasteiger partial charge in [-0.2, -0.15) is 0 Å². The molecule has 0 aromatic rings. The van der Waals surface area contributed by atoms with Crippen LogP contribution >= 0.6 is 0 Å². The maximum atomic E-state index is 11.2. The zero-order chi connectivity index (χ0) is 10.3. The van der Waals surface area contributed by atoms with Gasteiger partial charge in [-0.05, 0) is 0 Å². The first-order valence-electron chi connectivity index (χ1n) is 4.29. The van der Waals surface area contributed by atoms with E-state index >= 15 is 0 Å². The minimum atomic E-state index is -3.07. The minimum Gasteiger partial charge on any atom is -0.319 e. The number of fused-ring (bicyclic) bond motifs is 1. The van der Waals surface area contributed by atoms with Gasteiger partial charge < -0.3 is 4.90 Å². The molecule has 0 radical (unpaired) electrons. The Bertz CT molecular complexity index is 388. The van der Waals surface area contributed by atoms with Gasteiger partial charge in [0, 0.05) is 13.0 Å². The molecule has 1 atom stereocenters. The molecule has 0 aliphatic carbocycles. The zero-order valence-electron chi connectivity index (χ0n) is 7.39. The van der Waals surface area contributed by atoms with Crippen LogP contribution in [0.4, 0.5) is 4.79 Å². The first kappa shape index (κ1) is 9.45. The number of rotatable bonds is 0. The molecule has 3 amide bonds. The molecular formula is C7H10N2O4S. The molecule has 6 nitrogen and oxygen atoms in total. The highest BCUT2D eigenvalue weighted by molar-refractivity contribution is 7.91. The van der Waals surface area contributed by atoms with E-state index in [-0.39, 0.29) is 24.5 Å². The van der Waals surface area contributed by atoms with Crippen molar-refractivity contribution in [2.24, 2.45) is 0 Å². The largest absolute Gasteiger partial charge is 0.324 e. The van der Waals surface area contributed by atoms with Crippen LogP contribution in [0.3, 0.4) is 0 Å². The highest BCUT2D eigenvalue weighted by Gasteiger charge is 2.39. The third-order valence-corrected chi connectivity index (χ3v) is 4.16. The summed E-state index contributed by atoms with van der Waals surface area (Å²) in [6.45, 7) is 0.187. The maximum absolute atomic E-state index is 11.2. The third-order valence-electron chi connectivity index (χ3n) is 2.46. The lowest BCUT2D eigenvalue weighted by atomic mass is 10.1. The molecule has 2 aliphatic heterocycles. The van der Waals surface area contributed by atoms with Crippen LogP contribution in [0.25, 0.3) is 0 Å². The Hall–Kier alpha value is -1.11. The molecule has 1 unspecified atom stereocenters. The number of hydrogen-bond acceptors (Lipinski definition) is 4. The molecule has 2 fully saturated rings. The van der Waals surface area contributed by atoms with Crippen LogP contribution in [-0.2, 0) is 14.6 Å². The van der Waals surface area contributed by atoms with Gasteiger partial charge in [0.2, 0.25) is 5.91 Å². The van der Waals surface area contributed by atoms with Crippen molar-refractivity contribution < 1.29 is 18.0 Å². The molecular weight excluding hydrogens is 208 g/mol. The van der Waals surface area contributed by atoms with E-state index < -0.39 is 27.8 Å². The predicted octanol–water partition coefficient (Wildman–Crippen LogP) is -1.27. The molecule has 0 saturated carbocycles. The minimum absolute atomic E-state index is 0.00882. The number of hydrogen-bond donors (Lipinski definition) is 1. The second-order valence-electron chi connectivity index (χ2n) is 3.52. The van der Waals surface area contributed by atoms with Crippen LogP contribution in [0.2, 0.25) is 0 Å². The Kier molecular flexibility index (Phi) is 1.99. The van der Waals surface area contributed by atoms with Crippen molar-refractivity contribution in [1.82, 2.24) is 10.2 Å². The number of carbonyl (C=O) groups is 2. The van der Waals surface area contributed by atoms with Crippen LogP contribution in [0, 0.1) is 0 Å². The van der Waals surface area contributed by atoms with Crippen molar-refractivity contribution in [3.05, 3.63) is 0 Å². The summed E-state index contributed by atoms with van der Waals surface area (Å²) in [4.78, 5) is 23.7. The molecule has 0 bridgehead atoms. The maximum Gasteiger partial charge on any atom is 0.324 e. The third kappa shape index (κ3) is 1.59. The number of nitrogens with one attached hydrogen (secondary N) is 1. The summed E-state index contributed by atoms with van der Waals surface area (Å²) in [5.41, 5.74) is 0. The fourth-order valence-electron chi connectivity index (χ4n) is 1.78. The van der Waals surface area contributed by atoms with Crippen LogP contribution in [0.15, 0.2) is 0 Å². The second kappa shape index (κ2) is 2.94. The summed E-state index contributed by atoms with van der Waals surface area (Å²) < 4.78 is 22.5. The number of carbonyl (C=O) groups excluding carboxylic acids is 2. The summed E-state index contributed by atoms with van der Waals surface area (Å²) in [5.74, 6) is -0.495. The summed E-state index contributed by atoms with van der Waals surface area (Å²) in [6, 6.07) is -0.934. The second-order valence-corrected chi connectivity index (χ2v) is 5.75. The Morgan fingerprint density at radius 1 is 1.36 bits per heavy atom. The lowest BCUT2D eigenvalue weighted by molar-refractivity contribution is -0.122. The van der Waals surface area contributed by atoms with E-state index in [9.17, 15) is 18.0 Å². The summed E-state index contributed by atoms with van der Waals surface area (Å²) in [5, 5.41) is 2.16. The van der Waals surface area contributed by atoms with Gasteiger partial charge in [0.1, 0.15) is 0 Å². The normalized spacial score (nSPS) is 30.9. The number of imide groups is 1. The fourth-order valence-corrected chi connectivity index (χ4v) is 3.30. The van der Waals surface area contributed by atoms with Gasteiger partial charge in [-0.25, -0.2) is 13.2 Å². The molecule has 14 heavy (non-hydrogen) atoms. The zero-order valence-corrected chi connectivity index (χ0v) is 8.21. The van der Waals surface area contributed by atoms with Crippen LogP contribution in [0.1, 0.15) is 6.42 Å². The SMILES string of the molecule is O=C1CC2CS(=O)(=O)CCN2C(=O)N1. The lowest BCUT2D eigenvalue weighted by Crippen LogP contribution is -2.60. The summed E-state index contributed by atoms with van der Waals surface area (Å²) in [7, 11) is -3.07. The summed E-state index contributed by atoms with van der Waals surface area (Å²) in [6.07, 6.45) is 0.0883. The van der Waals surface area contributed by atoms with Crippen LogP contribution in [0.5, 0.6) is 0 Å². The first-order valence-corrected chi connectivity index (χ1v) is 6.11. The quantitative estimate of drug-likeness (QED) is 0.549. The topological polar surface area (TPSA) is 83.6 Å². The van der Waals surface area contributed by atoms with Gasteiger partial charge in [0.15, 0.2) is 9.84 Å². The van der Waals surface area contributed by atoms with Gasteiger partial charge in [-0.3, -0.25) is 10.1 Å². The van der Waals surface area contributed by atoms with Crippen molar-refractivity contribution in [3.63, 3.8) is 0 Å². The highest BCUT2D eigenvalue weighted by atomic mass is 32.2. The molecule has 2 rings (SSSR count).